The van der Waals surface area contributed by atoms with Gasteiger partial charge in [0.25, 0.3) is 0 Å². The number of likely N-dealkylation sites (tertiary alicyclic amines) is 1. The fraction of sp³-hybridized carbons (Fsp3) is 0.714. The Labute approximate surface area is 142 Å². The van der Waals surface area contributed by atoms with Crippen LogP contribution < -0.4 is 4.90 Å². The van der Waals surface area contributed by atoms with Crippen molar-refractivity contribution in [2.24, 2.45) is 5.92 Å². The van der Waals surface area contributed by atoms with Gasteiger partial charge in [0.1, 0.15) is 0 Å². The van der Waals surface area contributed by atoms with Gasteiger partial charge in [0.05, 0.1) is 25.7 Å². The lowest BCUT2D eigenvalue weighted by Gasteiger charge is -2.43. The van der Waals surface area contributed by atoms with Gasteiger partial charge >= 0.3 is 0 Å². The van der Waals surface area contributed by atoms with Gasteiger partial charge in [0.2, 0.25) is 0 Å². The van der Waals surface area contributed by atoms with Gasteiger partial charge in [-0.15, -0.1) is 0 Å². The van der Waals surface area contributed by atoms with Crippen LogP contribution in [0.3, 0.4) is 0 Å². The van der Waals surface area contributed by atoms with Crippen molar-refractivity contribution in [2.75, 3.05) is 26.2 Å². The van der Waals surface area contributed by atoms with Gasteiger partial charge in [-0.2, -0.15) is 0 Å². The van der Waals surface area contributed by atoms with Crippen LogP contribution in [0.1, 0.15) is 57.9 Å². The van der Waals surface area contributed by atoms with Gasteiger partial charge < -0.3 is 9.64 Å². The minimum atomic E-state index is 0.332. The number of ether oxygens (including phenoxy) is 1. The second kappa shape index (κ2) is 7.81. The minimum Gasteiger partial charge on any atom is -0.378 e. The summed E-state index contributed by atoms with van der Waals surface area (Å²) in [6, 6.07) is 11.3. The molecule has 0 radical (unpaired) electrons. The molecule has 2 saturated heterocycles. The van der Waals surface area contributed by atoms with Crippen LogP contribution in [0.25, 0.3) is 0 Å². The first-order chi connectivity index (χ1) is 11.2. The molecule has 2 aliphatic heterocycles. The third kappa shape index (κ3) is 4.16. The molecule has 2 fully saturated rings. The SMILES string of the molecule is CC(C)[C@@H]1C[C@@](CC[NH+]2CCCCC2)(c2ccccc2)CCO1. The molecule has 2 heterocycles. The molecule has 0 aliphatic carbocycles. The quantitative estimate of drug-likeness (QED) is 0.880. The standard InChI is InChI=1S/C21H33NO/c1-18(2)20-17-21(12-16-23-20,19-9-5-3-6-10-19)11-15-22-13-7-4-8-14-22/h3,5-6,9-10,18,20H,4,7-8,11-17H2,1-2H3/p+1/t20-,21-/m0/s1. The monoisotopic (exact) mass is 316 g/mol. The zero-order valence-electron chi connectivity index (χ0n) is 15.0. The molecule has 23 heavy (non-hydrogen) atoms. The maximum Gasteiger partial charge on any atom is 0.0779 e. The predicted octanol–water partition coefficient (Wildman–Crippen LogP) is 3.22. The lowest BCUT2D eigenvalue weighted by molar-refractivity contribution is -0.905. The molecule has 0 spiro atoms. The van der Waals surface area contributed by atoms with E-state index in [1.54, 1.807) is 5.56 Å². The van der Waals surface area contributed by atoms with Gasteiger partial charge in [0.15, 0.2) is 0 Å². The first kappa shape index (κ1) is 17.0. The molecule has 3 rings (SSSR count). The molecule has 0 saturated carbocycles. The first-order valence-corrected chi connectivity index (χ1v) is 9.70. The third-order valence-electron chi connectivity index (χ3n) is 6.15. The molecule has 0 amide bonds. The largest absolute Gasteiger partial charge is 0.378 e. The maximum atomic E-state index is 6.10. The van der Waals surface area contributed by atoms with Crippen molar-refractivity contribution in [1.82, 2.24) is 0 Å². The van der Waals surface area contributed by atoms with E-state index in [2.05, 4.69) is 44.2 Å². The highest BCUT2D eigenvalue weighted by molar-refractivity contribution is 5.26. The molecule has 1 N–H and O–H groups in total. The molecule has 0 bridgehead atoms. The highest BCUT2D eigenvalue weighted by Crippen LogP contribution is 2.41. The predicted molar refractivity (Wildman–Crippen MR) is 96.0 cm³/mol. The summed E-state index contributed by atoms with van der Waals surface area (Å²) in [4.78, 5) is 1.83. The molecule has 2 aliphatic rings. The second-order valence-electron chi connectivity index (χ2n) is 8.06. The summed E-state index contributed by atoms with van der Waals surface area (Å²) in [5, 5.41) is 0. The molecular formula is C21H34NO+. The first-order valence-electron chi connectivity index (χ1n) is 9.70. The molecule has 0 unspecified atom stereocenters. The third-order valence-corrected chi connectivity index (χ3v) is 6.15. The zero-order valence-corrected chi connectivity index (χ0v) is 15.0. The lowest BCUT2D eigenvalue weighted by atomic mass is 9.68. The van der Waals surface area contributed by atoms with Crippen LogP contribution in [0.4, 0.5) is 0 Å². The van der Waals surface area contributed by atoms with Crippen molar-refractivity contribution in [1.29, 1.82) is 0 Å². The van der Waals surface area contributed by atoms with Gasteiger partial charge in [-0.3, -0.25) is 0 Å². The van der Waals surface area contributed by atoms with Crippen LogP contribution in [-0.4, -0.2) is 32.3 Å². The molecular weight excluding hydrogens is 282 g/mol. The van der Waals surface area contributed by atoms with Crippen molar-refractivity contribution >= 4 is 0 Å². The molecule has 1 aromatic carbocycles. The second-order valence-corrected chi connectivity index (χ2v) is 8.06. The van der Waals surface area contributed by atoms with Gasteiger partial charge in [0, 0.05) is 18.4 Å². The number of rotatable bonds is 5. The summed E-state index contributed by atoms with van der Waals surface area (Å²) in [6.45, 7) is 9.64. The topological polar surface area (TPSA) is 13.7 Å². The summed E-state index contributed by atoms with van der Waals surface area (Å²) >= 11 is 0. The van der Waals surface area contributed by atoms with E-state index in [1.807, 2.05) is 4.90 Å². The number of benzene rings is 1. The van der Waals surface area contributed by atoms with E-state index in [-0.39, 0.29) is 0 Å². The lowest BCUT2D eigenvalue weighted by Crippen LogP contribution is -3.13. The Kier molecular flexibility index (Phi) is 5.76. The van der Waals surface area contributed by atoms with E-state index in [4.69, 9.17) is 4.74 Å². The highest BCUT2D eigenvalue weighted by atomic mass is 16.5. The fourth-order valence-corrected chi connectivity index (χ4v) is 4.52. The number of nitrogens with one attached hydrogen (secondary N) is 1. The normalized spacial score (nSPS) is 29.8. The molecule has 2 heteroatoms. The maximum absolute atomic E-state index is 6.10. The van der Waals surface area contributed by atoms with E-state index >= 15 is 0 Å². The van der Waals surface area contributed by atoms with E-state index in [0.29, 0.717) is 17.4 Å². The average Bonchev–Trinajstić information content (AvgIpc) is 2.62. The highest BCUT2D eigenvalue weighted by Gasteiger charge is 2.40. The van der Waals surface area contributed by atoms with Crippen LogP contribution in [-0.2, 0) is 10.2 Å². The van der Waals surface area contributed by atoms with E-state index < -0.39 is 0 Å². The smallest absolute Gasteiger partial charge is 0.0779 e. The van der Waals surface area contributed by atoms with Crippen LogP contribution in [0.2, 0.25) is 0 Å². The van der Waals surface area contributed by atoms with Crippen LogP contribution >= 0.6 is 0 Å². The van der Waals surface area contributed by atoms with Crippen molar-refractivity contribution in [2.45, 2.75) is 63.9 Å². The zero-order chi connectivity index (χ0) is 16.1. The Morgan fingerprint density at radius 3 is 2.57 bits per heavy atom. The Bertz CT molecular complexity index is 466. The Morgan fingerprint density at radius 1 is 1.13 bits per heavy atom. The van der Waals surface area contributed by atoms with E-state index in [1.165, 1.54) is 58.2 Å². The molecule has 1 aromatic rings. The summed E-state index contributed by atoms with van der Waals surface area (Å²) in [7, 11) is 0. The molecule has 0 aromatic heterocycles. The summed E-state index contributed by atoms with van der Waals surface area (Å²) in [6.07, 6.45) is 8.40. The number of piperidine rings is 1. The molecule has 128 valence electrons. The molecule has 2 nitrogen and oxygen atoms in total. The van der Waals surface area contributed by atoms with Gasteiger partial charge in [-0.1, -0.05) is 44.2 Å². The van der Waals surface area contributed by atoms with E-state index in [9.17, 15) is 0 Å². The Morgan fingerprint density at radius 2 is 1.87 bits per heavy atom. The summed E-state index contributed by atoms with van der Waals surface area (Å²) in [5.41, 5.74) is 1.88. The van der Waals surface area contributed by atoms with Gasteiger partial charge in [-0.05, 0) is 43.6 Å². The van der Waals surface area contributed by atoms with E-state index in [0.717, 1.165) is 6.61 Å². The summed E-state index contributed by atoms with van der Waals surface area (Å²) < 4.78 is 6.10. The van der Waals surface area contributed by atoms with Crippen LogP contribution in [0.15, 0.2) is 30.3 Å². The van der Waals surface area contributed by atoms with Crippen molar-refractivity contribution in [3.8, 4) is 0 Å². The summed E-state index contributed by atoms with van der Waals surface area (Å²) in [5.74, 6) is 0.612. The van der Waals surface area contributed by atoms with Crippen LogP contribution in [0, 0.1) is 5.92 Å². The number of quaternary nitrogens is 1. The number of hydrogen-bond donors (Lipinski definition) is 1. The molecule has 2 atom stereocenters. The Hall–Kier alpha value is -0.860. The fourth-order valence-electron chi connectivity index (χ4n) is 4.52. The van der Waals surface area contributed by atoms with Gasteiger partial charge in [-0.25, -0.2) is 0 Å². The minimum absolute atomic E-state index is 0.332. The van der Waals surface area contributed by atoms with Crippen molar-refractivity contribution in [3.63, 3.8) is 0 Å². The number of hydrogen-bond acceptors (Lipinski definition) is 1. The average molecular weight is 317 g/mol. The van der Waals surface area contributed by atoms with Crippen molar-refractivity contribution in [3.05, 3.63) is 35.9 Å². The van der Waals surface area contributed by atoms with Crippen molar-refractivity contribution < 1.29 is 9.64 Å². The Balaban J connectivity index is 1.75. The van der Waals surface area contributed by atoms with Crippen LogP contribution in [0.5, 0.6) is 0 Å².